The number of aromatic nitrogens is 1. The highest BCUT2D eigenvalue weighted by Crippen LogP contribution is 2.27. The predicted octanol–water partition coefficient (Wildman–Crippen LogP) is 4.24. The van der Waals surface area contributed by atoms with Crippen LogP contribution in [0.15, 0.2) is 18.2 Å². The summed E-state index contributed by atoms with van der Waals surface area (Å²) in [4.78, 5) is 10.1. The fourth-order valence-corrected chi connectivity index (χ4v) is 4.49. The Morgan fingerprint density at radius 1 is 1.00 bits per heavy atom. The van der Waals surface area contributed by atoms with Gasteiger partial charge in [0.2, 0.25) is 0 Å². The van der Waals surface area contributed by atoms with Crippen molar-refractivity contribution in [3.63, 3.8) is 0 Å². The number of hydrogen-bond donors (Lipinski definition) is 0. The average molecular weight is 368 g/mol. The van der Waals surface area contributed by atoms with E-state index in [0.29, 0.717) is 0 Å². The van der Waals surface area contributed by atoms with Crippen LogP contribution >= 0.6 is 0 Å². The van der Waals surface area contributed by atoms with Crippen molar-refractivity contribution >= 4 is 16.7 Å². The number of fused-ring (bicyclic) bond motifs is 1. The van der Waals surface area contributed by atoms with Crippen LogP contribution in [-0.4, -0.2) is 55.3 Å². The SMILES string of the molecule is Cc1ccc2c(C)cc(N3CCCOC(CN4CCCCC4)C3)nc2c1C. The number of likely N-dealkylation sites (tertiary alicyclic amines) is 1. The van der Waals surface area contributed by atoms with Crippen LogP contribution in [-0.2, 0) is 4.74 Å². The van der Waals surface area contributed by atoms with Gasteiger partial charge in [-0.2, -0.15) is 0 Å². The lowest BCUT2D eigenvalue weighted by molar-refractivity contribution is 0.0350. The Hall–Kier alpha value is -1.65. The van der Waals surface area contributed by atoms with Crippen LogP contribution in [0.5, 0.6) is 0 Å². The van der Waals surface area contributed by atoms with Crippen LogP contribution in [0.1, 0.15) is 42.4 Å². The zero-order chi connectivity index (χ0) is 18.8. The van der Waals surface area contributed by atoms with Gasteiger partial charge in [0.15, 0.2) is 0 Å². The molecule has 2 aromatic rings. The Morgan fingerprint density at radius 2 is 1.81 bits per heavy atom. The fourth-order valence-electron chi connectivity index (χ4n) is 4.49. The van der Waals surface area contributed by atoms with E-state index in [9.17, 15) is 0 Å². The molecular formula is C23H33N3O. The van der Waals surface area contributed by atoms with Crippen LogP contribution in [0.3, 0.4) is 0 Å². The summed E-state index contributed by atoms with van der Waals surface area (Å²) in [5, 5.41) is 1.28. The molecule has 1 unspecified atom stereocenters. The van der Waals surface area contributed by atoms with Crippen molar-refractivity contribution < 1.29 is 4.74 Å². The van der Waals surface area contributed by atoms with Gasteiger partial charge in [-0.15, -0.1) is 0 Å². The first kappa shape index (κ1) is 18.7. The molecule has 0 saturated carbocycles. The molecule has 146 valence electrons. The first-order valence-electron chi connectivity index (χ1n) is 10.6. The molecule has 0 aliphatic carbocycles. The zero-order valence-electron chi connectivity index (χ0n) is 17.1. The topological polar surface area (TPSA) is 28.6 Å². The summed E-state index contributed by atoms with van der Waals surface area (Å²) >= 11 is 0. The highest BCUT2D eigenvalue weighted by molar-refractivity contribution is 5.87. The molecule has 4 heteroatoms. The van der Waals surface area contributed by atoms with Gasteiger partial charge in [-0.1, -0.05) is 18.6 Å². The van der Waals surface area contributed by atoms with Gasteiger partial charge in [0, 0.05) is 31.6 Å². The third-order valence-electron chi connectivity index (χ3n) is 6.28. The predicted molar refractivity (Wildman–Crippen MR) is 113 cm³/mol. The van der Waals surface area contributed by atoms with Crippen LogP contribution in [0.2, 0.25) is 0 Å². The lowest BCUT2D eigenvalue weighted by Crippen LogP contribution is -2.42. The molecule has 2 aliphatic heterocycles. The van der Waals surface area contributed by atoms with E-state index in [-0.39, 0.29) is 6.10 Å². The molecule has 0 radical (unpaired) electrons. The van der Waals surface area contributed by atoms with Crippen molar-refractivity contribution in [3.05, 3.63) is 34.9 Å². The second-order valence-corrected chi connectivity index (χ2v) is 8.35. The standard InChI is InChI=1S/C23H33N3O/c1-17-8-9-21-18(2)14-22(24-23(21)19(17)3)26-12-7-13-27-20(16-26)15-25-10-5-4-6-11-25/h8-9,14,20H,4-7,10-13,15-16H2,1-3H3. The Morgan fingerprint density at radius 3 is 2.63 bits per heavy atom. The number of piperidine rings is 1. The molecule has 2 aliphatic rings. The van der Waals surface area contributed by atoms with Crippen LogP contribution in [0.25, 0.3) is 10.9 Å². The second kappa shape index (κ2) is 8.15. The van der Waals surface area contributed by atoms with E-state index in [0.717, 1.165) is 44.0 Å². The van der Waals surface area contributed by atoms with Gasteiger partial charge in [-0.25, -0.2) is 4.98 Å². The number of benzene rings is 1. The fraction of sp³-hybridized carbons (Fsp3) is 0.609. The van der Waals surface area contributed by atoms with E-state index in [4.69, 9.17) is 9.72 Å². The van der Waals surface area contributed by atoms with Crippen LogP contribution in [0.4, 0.5) is 5.82 Å². The molecule has 4 rings (SSSR count). The number of nitrogens with zero attached hydrogens (tertiary/aromatic N) is 3. The summed E-state index contributed by atoms with van der Waals surface area (Å²) in [5.74, 6) is 1.11. The Bertz CT molecular complexity index is 798. The van der Waals surface area contributed by atoms with Gasteiger partial charge in [-0.3, -0.25) is 0 Å². The smallest absolute Gasteiger partial charge is 0.129 e. The molecule has 2 saturated heterocycles. The van der Waals surface area contributed by atoms with Gasteiger partial charge in [0.25, 0.3) is 0 Å². The largest absolute Gasteiger partial charge is 0.375 e. The van der Waals surface area contributed by atoms with Gasteiger partial charge in [0.05, 0.1) is 11.6 Å². The molecule has 3 heterocycles. The molecule has 2 fully saturated rings. The second-order valence-electron chi connectivity index (χ2n) is 8.35. The first-order chi connectivity index (χ1) is 13.1. The zero-order valence-corrected chi connectivity index (χ0v) is 17.1. The minimum absolute atomic E-state index is 0.280. The van der Waals surface area contributed by atoms with Crippen molar-refractivity contribution in [3.8, 4) is 0 Å². The summed E-state index contributed by atoms with van der Waals surface area (Å²) in [6.45, 7) is 12.9. The van der Waals surface area contributed by atoms with Crippen LogP contribution in [0, 0.1) is 20.8 Å². The maximum atomic E-state index is 6.21. The molecular weight excluding hydrogens is 334 g/mol. The third kappa shape index (κ3) is 4.12. The van der Waals surface area contributed by atoms with E-state index in [1.807, 2.05) is 0 Å². The number of rotatable bonds is 3. The number of anilines is 1. The molecule has 27 heavy (non-hydrogen) atoms. The van der Waals surface area contributed by atoms with Gasteiger partial charge < -0.3 is 14.5 Å². The van der Waals surface area contributed by atoms with Crippen molar-refractivity contribution in [2.45, 2.75) is 52.6 Å². The lowest BCUT2D eigenvalue weighted by atomic mass is 10.0. The van der Waals surface area contributed by atoms with E-state index in [1.54, 1.807) is 0 Å². The molecule has 1 aromatic carbocycles. The molecule has 0 N–H and O–H groups in total. The van der Waals surface area contributed by atoms with E-state index >= 15 is 0 Å². The molecule has 0 amide bonds. The highest BCUT2D eigenvalue weighted by atomic mass is 16.5. The molecule has 0 spiro atoms. The maximum Gasteiger partial charge on any atom is 0.129 e. The summed E-state index contributed by atoms with van der Waals surface area (Å²) in [5.41, 5.74) is 5.08. The minimum atomic E-state index is 0.280. The monoisotopic (exact) mass is 367 g/mol. The molecule has 0 bridgehead atoms. The Balaban J connectivity index is 1.58. The van der Waals surface area contributed by atoms with Crippen molar-refractivity contribution in [2.24, 2.45) is 0 Å². The number of ether oxygens (including phenoxy) is 1. The van der Waals surface area contributed by atoms with E-state index in [1.165, 1.54) is 54.4 Å². The lowest BCUT2D eigenvalue weighted by Gasteiger charge is -2.32. The molecule has 1 atom stereocenters. The summed E-state index contributed by atoms with van der Waals surface area (Å²) in [6, 6.07) is 6.69. The third-order valence-corrected chi connectivity index (χ3v) is 6.28. The molecule has 1 aromatic heterocycles. The van der Waals surface area contributed by atoms with Crippen LogP contribution < -0.4 is 4.90 Å². The number of pyridine rings is 1. The normalized spacial score (nSPS) is 22.2. The quantitative estimate of drug-likeness (QED) is 0.811. The highest BCUT2D eigenvalue weighted by Gasteiger charge is 2.23. The summed E-state index contributed by atoms with van der Waals surface area (Å²) in [7, 11) is 0. The van der Waals surface area contributed by atoms with Crippen molar-refractivity contribution in [2.75, 3.05) is 44.2 Å². The summed E-state index contributed by atoms with van der Waals surface area (Å²) in [6.07, 6.45) is 5.40. The average Bonchev–Trinajstić information content (AvgIpc) is 2.91. The first-order valence-corrected chi connectivity index (χ1v) is 10.6. The van der Waals surface area contributed by atoms with Gasteiger partial charge in [-0.05, 0) is 75.9 Å². The van der Waals surface area contributed by atoms with E-state index < -0.39 is 0 Å². The van der Waals surface area contributed by atoms with Gasteiger partial charge in [0.1, 0.15) is 5.82 Å². The Labute approximate surface area is 163 Å². The molecule has 4 nitrogen and oxygen atoms in total. The van der Waals surface area contributed by atoms with Gasteiger partial charge >= 0.3 is 0 Å². The minimum Gasteiger partial charge on any atom is -0.375 e. The number of hydrogen-bond acceptors (Lipinski definition) is 4. The van der Waals surface area contributed by atoms with E-state index in [2.05, 4.69) is 48.8 Å². The number of aryl methyl sites for hydroxylation is 3. The van der Waals surface area contributed by atoms with Crippen molar-refractivity contribution in [1.29, 1.82) is 0 Å². The summed E-state index contributed by atoms with van der Waals surface area (Å²) < 4.78 is 6.21. The Kier molecular flexibility index (Phi) is 5.65. The maximum absolute atomic E-state index is 6.21. The van der Waals surface area contributed by atoms with Crippen molar-refractivity contribution in [1.82, 2.24) is 9.88 Å².